The first-order chi connectivity index (χ1) is 15.9. The predicted molar refractivity (Wildman–Crippen MR) is 132 cm³/mol. The molecule has 2 aromatic carbocycles. The molecule has 0 spiro atoms. The Kier molecular flexibility index (Phi) is 7.13. The molecule has 0 saturated carbocycles. The number of nitrogens with one attached hydrogen (secondary N) is 1. The Morgan fingerprint density at radius 3 is 2.58 bits per heavy atom. The quantitative estimate of drug-likeness (QED) is 0.376. The Balaban J connectivity index is 1.47. The van der Waals surface area contributed by atoms with Crippen molar-refractivity contribution in [3.05, 3.63) is 93.4 Å². The van der Waals surface area contributed by atoms with Crippen molar-refractivity contribution in [1.82, 2.24) is 20.0 Å². The smallest absolute Gasteiger partial charge is 0.253 e. The van der Waals surface area contributed by atoms with Crippen LogP contribution in [-0.2, 0) is 11.3 Å². The highest BCUT2D eigenvalue weighted by Gasteiger charge is 2.18. The maximum absolute atomic E-state index is 12.7. The average molecular weight is 499 g/mol. The molecule has 0 bridgehead atoms. The lowest BCUT2D eigenvalue weighted by Crippen LogP contribution is -2.37. The second-order valence-electron chi connectivity index (χ2n) is 7.32. The highest BCUT2D eigenvalue weighted by atomic mass is 35.5. The van der Waals surface area contributed by atoms with Gasteiger partial charge in [-0.05, 0) is 41.8 Å². The van der Waals surface area contributed by atoms with Crippen LogP contribution in [0.2, 0.25) is 10.0 Å². The standard InChI is InChI=1S/C24H20Cl2N4O2S/c1-29(22(31)13-27-24(32)19-10-9-17(25)12-20(19)26)14-16-15-30(18-6-3-2-4-7-18)28-23(16)21-8-5-11-33-21/h2-12,15H,13-14H2,1H3,(H,27,32). The van der Waals surface area contributed by atoms with E-state index >= 15 is 0 Å². The van der Waals surface area contributed by atoms with Crippen LogP contribution < -0.4 is 5.32 Å². The van der Waals surface area contributed by atoms with Gasteiger partial charge in [0.25, 0.3) is 5.91 Å². The normalized spacial score (nSPS) is 10.8. The van der Waals surface area contributed by atoms with Gasteiger partial charge in [-0.2, -0.15) is 5.10 Å². The number of likely N-dealkylation sites (N-methyl/N-ethyl adjacent to an activating group) is 1. The van der Waals surface area contributed by atoms with Gasteiger partial charge in [-0.3, -0.25) is 9.59 Å². The summed E-state index contributed by atoms with van der Waals surface area (Å²) >= 11 is 13.5. The molecule has 0 saturated heterocycles. The van der Waals surface area contributed by atoms with E-state index in [9.17, 15) is 9.59 Å². The second kappa shape index (κ2) is 10.2. The van der Waals surface area contributed by atoms with Crippen LogP contribution in [0.1, 0.15) is 15.9 Å². The molecule has 0 radical (unpaired) electrons. The molecule has 0 aliphatic carbocycles. The molecule has 33 heavy (non-hydrogen) atoms. The Morgan fingerprint density at radius 1 is 1.09 bits per heavy atom. The summed E-state index contributed by atoms with van der Waals surface area (Å²) < 4.78 is 1.81. The summed E-state index contributed by atoms with van der Waals surface area (Å²) in [7, 11) is 1.70. The first-order valence-corrected chi connectivity index (χ1v) is 11.7. The van der Waals surface area contributed by atoms with Crippen LogP contribution in [-0.4, -0.2) is 40.1 Å². The average Bonchev–Trinajstić information content (AvgIpc) is 3.48. The summed E-state index contributed by atoms with van der Waals surface area (Å²) in [6.07, 6.45) is 1.93. The minimum absolute atomic E-state index is 0.157. The van der Waals surface area contributed by atoms with Gasteiger partial charge in [0.05, 0.1) is 27.7 Å². The summed E-state index contributed by atoms with van der Waals surface area (Å²) in [5, 5.41) is 10.0. The van der Waals surface area contributed by atoms with E-state index in [4.69, 9.17) is 28.3 Å². The van der Waals surface area contributed by atoms with Crippen molar-refractivity contribution in [3.8, 4) is 16.3 Å². The van der Waals surface area contributed by atoms with Gasteiger partial charge in [-0.1, -0.05) is 47.5 Å². The van der Waals surface area contributed by atoms with E-state index in [1.165, 1.54) is 12.1 Å². The SMILES string of the molecule is CN(Cc1cn(-c2ccccc2)nc1-c1cccs1)C(=O)CNC(=O)c1ccc(Cl)cc1Cl. The van der Waals surface area contributed by atoms with Crippen molar-refractivity contribution < 1.29 is 9.59 Å². The molecule has 9 heteroatoms. The van der Waals surface area contributed by atoms with E-state index in [1.54, 1.807) is 29.4 Å². The first kappa shape index (κ1) is 23.0. The Morgan fingerprint density at radius 2 is 1.88 bits per heavy atom. The van der Waals surface area contributed by atoms with Crippen molar-refractivity contribution >= 4 is 46.4 Å². The number of amides is 2. The molecule has 4 rings (SSSR count). The highest BCUT2D eigenvalue weighted by Crippen LogP contribution is 2.28. The zero-order valence-electron chi connectivity index (χ0n) is 17.7. The number of aromatic nitrogens is 2. The number of halogens is 2. The minimum atomic E-state index is -0.436. The zero-order valence-corrected chi connectivity index (χ0v) is 20.0. The second-order valence-corrected chi connectivity index (χ2v) is 9.11. The fourth-order valence-electron chi connectivity index (χ4n) is 3.26. The van der Waals surface area contributed by atoms with Crippen molar-refractivity contribution in [2.75, 3.05) is 13.6 Å². The van der Waals surface area contributed by atoms with Crippen LogP contribution in [0, 0.1) is 0 Å². The van der Waals surface area contributed by atoms with Crippen LogP contribution in [0.25, 0.3) is 16.3 Å². The maximum Gasteiger partial charge on any atom is 0.253 e. The molecule has 0 atom stereocenters. The molecular weight excluding hydrogens is 479 g/mol. The van der Waals surface area contributed by atoms with Gasteiger partial charge in [-0.15, -0.1) is 11.3 Å². The number of hydrogen-bond donors (Lipinski definition) is 1. The van der Waals surface area contributed by atoms with Crippen molar-refractivity contribution in [1.29, 1.82) is 0 Å². The summed E-state index contributed by atoms with van der Waals surface area (Å²) in [6, 6.07) is 18.4. The molecule has 0 aliphatic heterocycles. The number of thiophene rings is 1. The highest BCUT2D eigenvalue weighted by molar-refractivity contribution is 7.13. The van der Waals surface area contributed by atoms with E-state index in [0.717, 1.165) is 21.8 Å². The van der Waals surface area contributed by atoms with Gasteiger partial charge < -0.3 is 10.2 Å². The molecule has 4 aromatic rings. The van der Waals surface area contributed by atoms with E-state index < -0.39 is 5.91 Å². The number of para-hydroxylation sites is 1. The lowest BCUT2D eigenvalue weighted by atomic mass is 10.2. The maximum atomic E-state index is 12.7. The summed E-state index contributed by atoms with van der Waals surface area (Å²) in [6.45, 7) is 0.186. The van der Waals surface area contributed by atoms with Gasteiger partial charge in [-0.25, -0.2) is 4.68 Å². The molecular formula is C24H20Cl2N4O2S. The monoisotopic (exact) mass is 498 g/mol. The summed E-state index contributed by atoms with van der Waals surface area (Å²) in [5.41, 5.74) is 2.93. The lowest BCUT2D eigenvalue weighted by molar-refractivity contribution is -0.129. The molecule has 168 valence electrons. The number of carbonyl (C=O) groups is 2. The molecule has 2 heterocycles. The molecule has 0 aliphatic rings. The molecule has 2 amide bonds. The van der Waals surface area contributed by atoms with Gasteiger partial charge in [0.15, 0.2) is 0 Å². The fraction of sp³-hybridized carbons (Fsp3) is 0.125. The minimum Gasteiger partial charge on any atom is -0.343 e. The number of benzene rings is 2. The van der Waals surface area contributed by atoms with E-state index in [1.807, 2.05) is 58.7 Å². The van der Waals surface area contributed by atoms with Crippen LogP contribution >= 0.6 is 34.5 Å². The van der Waals surface area contributed by atoms with Crippen molar-refractivity contribution in [2.24, 2.45) is 0 Å². The third-order valence-electron chi connectivity index (χ3n) is 4.97. The third kappa shape index (κ3) is 5.45. The molecule has 0 fully saturated rings. The Bertz CT molecular complexity index is 1270. The van der Waals surface area contributed by atoms with Crippen LogP contribution in [0.4, 0.5) is 0 Å². The van der Waals surface area contributed by atoms with E-state index in [2.05, 4.69) is 5.32 Å². The third-order valence-corrected chi connectivity index (χ3v) is 6.40. The Labute approximate surface area is 205 Å². The molecule has 6 nitrogen and oxygen atoms in total. The number of nitrogens with zero attached hydrogens (tertiary/aromatic N) is 3. The van der Waals surface area contributed by atoms with Gasteiger partial charge >= 0.3 is 0 Å². The van der Waals surface area contributed by atoms with Crippen LogP contribution in [0.15, 0.2) is 72.2 Å². The van der Waals surface area contributed by atoms with Gasteiger partial charge in [0, 0.05) is 30.4 Å². The van der Waals surface area contributed by atoms with E-state index in [-0.39, 0.29) is 23.0 Å². The first-order valence-electron chi connectivity index (χ1n) is 10.1. The van der Waals surface area contributed by atoms with Gasteiger partial charge in [0.1, 0.15) is 5.69 Å². The zero-order chi connectivity index (χ0) is 23.4. The molecule has 1 N–H and O–H groups in total. The lowest BCUT2D eigenvalue weighted by Gasteiger charge is -2.17. The molecule has 0 unspecified atom stereocenters. The molecule has 2 aromatic heterocycles. The summed E-state index contributed by atoms with van der Waals surface area (Å²) in [4.78, 5) is 27.7. The summed E-state index contributed by atoms with van der Waals surface area (Å²) in [5.74, 6) is -0.674. The van der Waals surface area contributed by atoms with Crippen molar-refractivity contribution in [3.63, 3.8) is 0 Å². The predicted octanol–water partition coefficient (Wildman–Crippen LogP) is 5.30. The number of rotatable bonds is 7. The van der Waals surface area contributed by atoms with Gasteiger partial charge in [0.2, 0.25) is 5.91 Å². The van der Waals surface area contributed by atoms with Crippen LogP contribution in [0.5, 0.6) is 0 Å². The Hall–Kier alpha value is -3.13. The number of hydrogen-bond acceptors (Lipinski definition) is 4. The van der Waals surface area contributed by atoms with Crippen LogP contribution in [0.3, 0.4) is 0 Å². The van der Waals surface area contributed by atoms with E-state index in [0.29, 0.717) is 11.6 Å². The largest absolute Gasteiger partial charge is 0.343 e. The van der Waals surface area contributed by atoms with Crippen molar-refractivity contribution in [2.45, 2.75) is 6.54 Å². The number of carbonyl (C=O) groups excluding carboxylic acids is 2. The topological polar surface area (TPSA) is 67.2 Å². The fourth-order valence-corrected chi connectivity index (χ4v) is 4.50.